The molecule has 0 unspecified atom stereocenters. The number of halogens is 1. The molecule has 20 heavy (non-hydrogen) atoms. The van der Waals surface area contributed by atoms with Crippen molar-refractivity contribution in [3.05, 3.63) is 28.2 Å². The normalized spacial score (nSPS) is 24.1. The number of methoxy groups -OCH3 is 1. The molecule has 1 aromatic rings. The predicted octanol–water partition coefficient (Wildman–Crippen LogP) is 2.58. The summed E-state index contributed by atoms with van der Waals surface area (Å²) in [6, 6.07) is 5.30. The van der Waals surface area contributed by atoms with Crippen molar-refractivity contribution >= 4 is 27.9 Å². The van der Waals surface area contributed by atoms with Gasteiger partial charge in [-0.2, -0.15) is 0 Å². The van der Waals surface area contributed by atoms with Crippen molar-refractivity contribution in [2.24, 2.45) is 5.41 Å². The van der Waals surface area contributed by atoms with Gasteiger partial charge in [0, 0.05) is 10.4 Å². The fourth-order valence-corrected chi connectivity index (χ4v) is 2.89. The first-order valence-electron chi connectivity index (χ1n) is 6.21. The molecule has 0 spiro atoms. The summed E-state index contributed by atoms with van der Waals surface area (Å²) >= 11 is 3.39. The van der Waals surface area contributed by atoms with Crippen molar-refractivity contribution in [2.75, 3.05) is 13.7 Å². The van der Waals surface area contributed by atoms with Crippen LogP contribution in [0.2, 0.25) is 0 Å². The monoisotopic (exact) mass is 342 g/mol. The van der Waals surface area contributed by atoms with Crippen LogP contribution in [0.4, 0.5) is 0 Å². The summed E-state index contributed by atoms with van der Waals surface area (Å²) in [4.78, 5) is 23.5. The molecule has 1 aliphatic rings. The topological polar surface area (TPSA) is 72.8 Å². The van der Waals surface area contributed by atoms with E-state index in [-0.39, 0.29) is 13.0 Å². The highest BCUT2D eigenvalue weighted by Gasteiger charge is 2.68. The minimum absolute atomic E-state index is 0.167. The van der Waals surface area contributed by atoms with Crippen molar-refractivity contribution < 1.29 is 24.2 Å². The van der Waals surface area contributed by atoms with Gasteiger partial charge in [0.2, 0.25) is 0 Å². The van der Waals surface area contributed by atoms with Gasteiger partial charge in [-0.25, -0.2) is 0 Å². The average Bonchev–Trinajstić information content (AvgIpc) is 3.16. The van der Waals surface area contributed by atoms with E-state index < -0.39 is 23.3 Å². The van der Waals surface area contributed by atoms with Crippen LogP contribution in [0.25, 0.3) is 0 Å². The summed E-state index contributed by atoms with van der Waals surface area (Å²) in [6.07, 6.45) is 0.243. The lowest BCUT2D eigenvalue weighted by atomic mass is 9.99. The van der Waals surface area contributed by atoms with Crippen molar-refractivity contribution in [2.45, 2.75) is 19.3 Å². The Labute approximate surface area is 125 Å². The zero-order valence-corrected chi connectivity index (χ0v) is 12.8. The Balaban J connectivity index is 2.36. The van der Waals surface area contributed by atoms with E-state index in [4.69, 9.17) is 9.47 Å². The van der Waals surface area contributed by atoms with E-state index in [1.807, 2.05) is 0 Å². The van der Waals surface area contributed by atoms with Crippen LogP contribution in [0.15, 0.2) is 22.7 Å². The second-order valence-corrected chi connectivity index (χ2v) is 5.50. The van der Waals surface area contributed by atoms with Gasteiger partial charge < -0.3 is 14.6 Å². The number of ether oxygens (including phenoxy) is 2. The van der Waals surface area contributed by atoms with Gasteiger partial charge in [-0.1, -0.05) is 15.9 Å². The number of benzene rings is 1. The molecule has 0 heterocycles. The first kappa shape index (κ1) is 14.8. The minimum Gasteiger partial charge on any atom is -0.497 e. The summed E-state index contributed by atoms with van der Waals surface area (Å²) in [6.45, 7) is 1.83. The maximum Gasteiger partial charge on any atom is 0.324 e. The van der Waals surface area contributed by atoms with Crippen LogP contribution in [-0.2, 0) is 14.3 Å². The van der Waals surface area contributed by atoms with E-state index in [0.29, 0.717) is 5.75 Å². The molecular formula is C14H15BrO5. The number of rotatable bonds is 5. The third-order valence-electron chi connectivity index (χ3n) is 3.56. The number of hydrogen-bond acceptors (Lipinski definition) is 4. The summed E-state index contributed by atoms with van der Waals surface area (Å²) in [5.74, 6) is -1.59. The third kappa shape index (κ3) is 2.28. The molecule has 2 atom stereocenters. The molecule has 0 aromatic heterocycles. The Bertz CT molecular complexity index is 556. The minimum atomic E-state index is -1.47. The maximum atomic E-state index is 12.0. The first-order chi connectivity index (χ1) is 9.47. The molecule has 0 bridgehead atoms. The molecule has 0 amide bonds. The Morgan fingerprint density at radius 1 is 1.50 bits per heavy atom. The van der Waals surface area contributed by atoms with Crippen LogP contribution in [0, 0.1) is 5.41 Å². The molecule has 0 radical (unpaired) electrons. The highest BCUT2D eigenvalue weighted by molar-refractivity contribution is 9.10. The summed E-state index contributed by atoms with van der Waals surface area (Å²) in [5, 5.41) is 9.40. The lowest BCUT2D eigenvalue weighted by Gasteiger charge is -2.13. The SMILES string of the molecule is CCOC(=O)[C@]1(C(=O)O)C[C@@H]1c1cc(OC)ccc1Br. The Morgan fingerprint density at radius 2 is 2.20 bits per heavy atom. The van der Waals surface area contributed by atoms with Crippen molar-refractivity contribution in [1.82, 2.24) is 0 Å². The number of carboxylic acids is 1. The molecule has 0 aliphatic heterocycles. The molecule has 1 fully saturated rings. The quantitative estimate of drug-likeness (QED) is 0.657. The van der Waals surface area contributed by atoms with Gasteiger partial charge in [0.25, 0.3) is 0 Å². The average molecular weight is 343 g/mol. The van der Waals surface area contributed by atoms with E-state index in [2.05, 4.69) is 15.9 Å². The second kappa shape index (κ2) is 5.44. The zero-order chi connectivity index (χ0) is 14.9. The van der Waals surface area contributed by atoms with Crippen LogP contribution in [0.3, 0.4) is 0 Å². The Hall–Kier alpha value is -1.56. The van der Waals surface area contributed by atoms with Gasteiger partial charge >= 0.3 is 11.9 Å². The van der Waals surface area contributed by atoms with Gasteiger partial charge in [0.15, 0.2) is 5.41 Å². The Morgan fingerprint density at radius 3 is 2.75 bits per heavy atom. The number of aliphatic carboxylic acids is 1. The molecule has 0 saturated heterocycles. The van der Waals surface area contributed by atoms with E-state index in [1.54, 1.807) is 25.1 Å². The van der Waals surface area contributed by atoms with Crippen molar-refractivity contribution in [1.29, 1.82) is 0 Å². The van der Waals surface area contributed by atoms with E-state index in [1.165, 1.54) is 7.11 Å². The summed E-state index contributed by atoms with van der Waals surface area (Å²) in [7, 11) is 1.54. The molecule has 1 aromatic carbocycles. The highest BCUT2D eigenvalue weighted by atomic mass is 79.9. The van der Waals surface area contributed by atoms with E-state index in [9.17, 15) is 14.7 Å². The molecular weight excluding hydrogens is 328 g/mol. The molecule has 1 saturated carbocycles. The number of hydrogen-bond donors (Lipinski definition) is 1. The van der Waals surface area contributed by atoms with Crippen molar-refractivity contribution in [3.8, 4) is 5.75 Å². The standard InChI is InChI=1S/C14H15BrO5/c1-3-20-13(18)14(12(16)17)7-10(14)9-6-8(19-2)4-5-11(9)15/h4-6,10H,3,7H2,1-2H3,(H,16,17)/t10-,14-/m1/s1. The van der Waals surface area contributed by atoms with Crippen LogP contribution in [-0.4, -0.2) is 30.8 Å². The van der Waals surface area contributed by atoms with E-state index >= 15 is 0 Å². The zero-order valence-electron chi connectivity index (χ0n) is 11.2. The first-order valence-corrected chi connectivity index (χ1v) is 7.00. The van der Waals surface area contributed by atoms with Crippen LogP contribution >= 0.6 is 15.9 Å². The Kier molecular flexibility index (Phi) is 4.04. The number of carboxylic acid groups (broad SMARTS) is 1. The fourth-order valence-electron chi connectivity index (χ4n) is 2.36. The molecule has 1 N–H and O–H groups in total. The number of carbonyl (C=O) groups excluding carboxylic acids is 1. The van der Waals surface area contributed by atoms with Gasteiger partial charge in [-0.15, -0.1) is 0 Å². The molecule has 108 valence electrons. The molecule has 5 nitrogen and oxygen atoms in total. The van der Waals surface area contributed by atoms with Gasteiger partial charge in [-0.05, 0) is 37.1 Å². The molecule has 6 heteroatoms. The lowest BCUT2D eigenvalue weighted by Crippen LogP contribution is -2.29. The highest BCUT2D eigenvalue weighted by Crippen LogP contribution is 2.61. The lowest BCUT2D eigenvalue weighted by molar-refractivity contribution is -0.161. The van der Waals surface area contributed by atoms with Crippen LogP contribution < -0.4 is 4.74 Å². The van der Waals surface area contributed by atoms with Gasteiger partial charge in [0.1, 0.15) is 5.75 Å². The van der Waals surface area contributed by atoms with Crippen LogP contribution in [0.1, 0.15) is 24.8 Å². The van der Waals surface area contributed by atoms with Gasteiger partial charge in [-0.3, -0.25) is 9.59 Å². The van der Waals surface area contributed by atoms with Crippen molar-refractivity contribution in [3.63, 3.8) is 0 Å². The van der Waals surface area contributed by atoms with E-state index in [0.717, 1.165) is 10.0 Å². The number of esters is 1. The van der Waals surface area contributed by atoms with Crippen LogP contribution in [0.5, 0.6) is 5.75 Å². The molecule has 1 aliphatic carbocycles. The second-order valence-electron chi connectivity index (χ2n) is 4.64. The van der Waals surface area contributed by atoms with Gasteiger partial charge in [0.05, 0.1) is 13.7 Å². The smallest absolute Gasteiger partial charge is 0.324 e. The number of carbonyl (C=O) groups is 2. The predicted molar refractivity (Wildman–Crippen MR) is 74.8 cm³/mol. The summed E-state index contributed by atoms with van der Waals surface area (Å²) < 4.78 is 10.8. The third-order valence-corrected chi connectivity index (χ3v) is 4.28. The summed E-state index contributed by atoms with van der Waals surface area (Å²) in [5.41, 5.74) is -0.718. The molecule has 2 rings (SSSR count). The largest absolute Gasteiger partial charge is 0.497 e. The fraction of sp³-hybridized carbons (Fsp3) is 0.429. The maximum absolute atomic E-state index is 12.0.